The number of carbonyl (C=O) groups excluding carboxylic acids is 2. The first-order valence-corrected chi connectivity index (χ1v) is 9.85. The Morgan fingerprint density at radius 2 is 1.90 bits per heavy atom. The molecule has 1 heterocycles. The smallest absolute Gasteiger partial charge is 0.339 e. The topological polar surface area (TPSA) is 65.1 Å². The fourth-order valence-electron chi connectivity index (χ4n) is 3.36. The van der Waals surface area contributed by atoms with Gasteiger partial charge in [-0.1, -0.05) is 41.9 Å². The molecule has 2 radical (unpaired) electrons. The average Bonchev–Trinajstić information content (AvgIpc) is 2.86. The molecule has 0 aliphatic carbocycles. The highest BCUT2D eigenvalue weighted by atomic mass is 16.6. The summed E-state index contributed by atoms with van der Waals surface area (Å²) < 4.78 is 16.6. The molecule has 7 heteroatoms. The highest BCUT2D eigenvalue weighted by molar-refractivity contribution is 6.38. The van der Waals surface area contributed by atoms with E-state index >= 15 is 0 Å². The maximum absolute atomic E-state index is 13.4. The predicted molar refractivity (Wildman–Crippen MR) is 114 cm³/mol. The van der Waals surface area contributed by atoms with E-state index in [2.05, 4.69) is 0 Å². The molecule has 1 aliphatic rings. The minimum Gasteiger partial charge on any atom is -0.491 e. The number of benzene rings is 2. The molecule has 3 rings (SSSR count). The van der Waals surface area contributed by atoms with Crippen molar-refractivity contribution in [3.05, 3.63) is 59.2 Å². The van der Waals surface area contributed by atoms with Crippen LogP contribution >= 0.6 is 0 Å². The van der Waals surface area contributed by atoms with Crippen LogP contribution in [0.2, 0.25) is 0 Å². The lowest BCUT2D eigenvalue weighted by atomic mass is 9.82. The number of methoxy groups -OCH3 is 1. The summed E-state index contributed by atoms with van der Waals surface area (Å²) in [6, 6.07) is 13.0. The van der Waals surface area contributed by atoms with E-state index in [0.29, 0.717) is 31.0 Å². The van der Waals surface area contributed by atoms with Crippen molar-refractivity contribution < 1.29 is 23.8 Å². The molecular weight excluding hydrogens is 381 g/mol. The van der Waals surface area contributed by atoms with Gasteiger partial charge >= 0.3 is 5.97 Å². The molecule has 2 aromatic carbocycles. The van der Waals surface area contributed by atoms with Crippen molar-refractivity contribution in [3.8, 4) is 5.75 Å². The maximum Gasteiger partial charge on any atom is 0.339 e. The van der Waals surface area contributed by atoms with E-state index in [1.54, 1.807) is 17.0 Å². The van der Waals surface area contributed by atoms with Crippen molar-refractivity contribution in [3.63, 3.8) is 0 Å². The van der Waals surface area contributed by atoms with Crippen molar-refractivity contribution in [2.24, 2.45) is 0 Å². The van der Waals surface area contributed by atoms with Crippen molar-refractivity contribution in [1.82, 2.24) is 4.90 Å². The summed E-state index contributed by atoms with van der Waals surface area (Å²) in [6.45, 7) is 6.71. The summed E-state index contributed by atoms with van der Waals surface area (Å²) in [4.78, 5) is 27.5. The van der Waals surface area contributed by atoms with Crippen LogP contribution in [0.5, 0.6) is 5.75 Å². The fourth-order valence-corrected chi connectivity index (χ4v) is 3.36. The second-order valence-corrected chi connectivity index (χ2v) is 8.14. The second-order valence-electron chi connectivity index (χ2n) is 8.14. The van der Waals surface area contributed by atoms with Gasteiger partial charge in [0, 0.05) is 6.54 Å². The van der Waals surface area contributed by atoms with Gasteiger partial charge in [-0.2, -0.15) is 0 Å². The number of carbonyl (C=O) groups is 2. The molecule has 6 nitrogen and oxygen atoms in total. The van der Waals surface area contributed by atoms with Crippen LogP contribution in [0, 0.1) is 0 Å². The zero-order valence-corrected chi connectivity index (χ0v) is 17.8. The molecule has 1 amide bonds. The molecule has 156 valence electrons. The van der Waals surface area contributed by atoms with E-state index in [-0.39, 0.29) is 16.9 Å². The Morgan fingerprint density at radius 3 is 2.53 bits per heavy atom. The molecule has 30 heavy (non-hydrogen) atoms. The SMILES string of the molecule is [B]c1c(C(OC(C)(C)C)C(=O)OC)ccc2c1C(=O)N(Cc1ccccc1)CCO2. The number of nitrogens with zero attached hydrogens (tertiary/aromatic N) is 1. The van der Waals surface area contributed by atoms with E-state index in [1.807, 2.05) is 51.1 Å². The highest BCUT2D eigenvalue weighted by Crippen LogP contribution is 2.29. The van der Waals surface area contributed by atoms with Crippen LogP contribution in [0.4, 0.5) is 0 Å². The Balaban J connectivity index is 2.00. The number of hydrogen-bond acceptors (Lipinski definition) is 5. The van der Waals surface area contributed by atoms with E-state index in [1.165, 1.54) is 7.11 Å². The van der Waals surface area contributed by atoms with Gasteiger partial charge < -0.3 is 19.1 Å². The third kappa shape index (κ3) is 4.85. The Morgan fingerprint density at radius 1 is 1.20 bits per heavy atom. The van der Waals surface area contributed by atoms with E-state index in [9.17, 15) is 9.59 Å². The number of hydrogen-bond donors (Lipinski definition) is 0. The van der Waals surface area contributed by atoms with Crippen LogP contribution in [0.15, 0.2) is 42.5 Å². The monoisotopic (exact) mass is 407 g/mol. The normalized spacial score (nSPS) is 15.1. The summed E-state index contributed by atoms with van der Waals surface area (Å²) in [6.07, 6.45) is -1.06. The molecule has 0 bridgehead atoms. The van der Waals surface area contributed by atoms with Crippen LogP contribution in [0.25, 0.3) is 0 Å². The summed E-state index contributed by atoms with van der Waals surface area (Å²) in [5.74, 6) is -0.430. The number of ether oxygens (including phenoxy) is 3. The third-order valence-electron chi connectivity index (χ3n) is 4.75. The van der Waals surface area contributed by atoms with Crippen molar-refractivity contribution in [2.75, 3.05) is 20.3 Å². The first-order chi connectivity index (χ1) is 14.2. The van der Waals surface area contributed by atoms with E-state index in [4.69, 9.17) is 22.1 Å². The Labute approximate surface area is 178 Å². The first kappa shape index (κ1) is 21.9. The van der Waals surface area contributed by atoms with Gasteiger partial charge in [-0.25, -0.2) is 4.79 Å². The minimum atomic E-state index is -1.06. The first-order valence-electron chi connectivity index (χ1n) is 9.85. The Kier molecular flexibility index (Phi) is 6.51. The van der Waals surface area contributed by atoms with Crippen LogP contribution in [0.3, 0.4) is 0 Å². The zero-order chi connectivity index (χ0) is 21.9. The second kappa shape index (κ2) is 8.92. The molecule has 1 atom stereocenters. The molecule has 1 aliphatic heterocycles. The van der Waals surface area contributed by atoms with Crippen molar-refractivity contribution >= 4 is 25.2 Å². The molecule has 2 aromatic rings. The fraction of sp³-hybridized carbons (Fsp3) is 0.391. The molecule has 0 saturated heterocycles. The molecular formula is C23H26BNO5. The molecule has 0 spiro atoms. The number of esters is 1. The van der Waals surface area contributed by atoms with Crippen LogP contribution in [0.1, 0.15) is 48.4 Å². The Hall–Kier alpha value is -2.80. The van der Waals surface area contributed by atoms with Gasteiger partial charge in [0.15, 0.2) is 6.10 Å². The quantitative estimate of drug-likeness (QED) is 0.563. The Bertz CT molecular complexity index is 923. The van der Waals surface area contributed by atoms with Gasteiger partial charge in [0.05, 0.1) is 24.8 Å². The van der Waals surface area contributed by atoms with Gasteiger partial charge in [0.25, 0.3) is 5.91 Å². The van der Waals surface area contributed by atoms with Gasteiger partial charge in [-0.3, -0.25) is 4.79 Å². The average molecular weight is 407 g/mol. The summed E-state index contributed by atoms with van der Waals surface area (Å²) >= 11 is 0. The number of fused-ring (bicyclic) bond motifs is 1. The molecule has 0 fully saturated rings. The summed E-state index contributed by atoms with van der Waals surface area (Å²) in [7, 11) is 7.71. The lowest BCUT2D eigenvalue weighted by Gasteiger charge is -2.28. The zero-order valence-electron chi connectivity index (χ0n) is 17.8. The standard InChI is InChI=1S/C23H26BNO5/c1-23(2,3)30-20(22(27)28-4)16-10-11-17-18(19(16)24)21(26)25(12-13-29-17)14-15-8-6-5-7-9-15/h5-11,20H,12-14H2,1-4H3. The summed E-state index contributed by atoms with van der Waals surface area (Å²) in [5.41, 5.74) is 1.17. The molecule has 0 saturated carbocycles. The van der Waals surface area contributed by atoms with Gasteiger partial charge in [-0.15, -0.1) is 0 Å². The highest BCUT2D eigenvalue weighted by Gasteiger charge is 2.33. The van der Waals surface area contributed by atoms with E-state index < -0.39 is 17.7 Å². The van der Waals surface area contributed by atoms with Crippen molar-refractivity contribution in [2.45, 2.75) is 39.0 Å². The number of rotatable bonds is 5. The lowest BCUT2D eigenvalue weighted by molar-refractivity contribution is -0.164. The maximum atomic E-state index is 13.4. The number of amides is 1. The molecule has 1 unspecified atom stereocenters. The lowest BCUT2D eigenvalue weighted by Crippen LogP contribution is -2.37. The van der Waals surface area contributed by atoms with Crippen LogP contribution < -0.4 is 10.2 Å². The van der Waals surface area contributed by atoms with E-state index in [0.717, 1.165) is 5.56 Å². The minimum absolute atomic E-state index is 0.164. The largest absolute Gasteiger partial charge is 0.491 e. The van der Waals surface area contributed by atoms with Gasteiger partial charge in [-0.05, 0) is 38.0 Å². The predicted octanol–water partition coefficient (Wildman–Crippen LogP) is 2.54. The van der Waals surface area contributed by atoms with Crippen LogP contribution in [-0.2, 0) is 20.8 Å². The van der Waals surface area contributed by atoms with Crippen LogP contribution in [-0.4, -0.2) is 50.5 Å². The van der Waals surface area contributed by atoms with Crippen molar-refractivity contribution in [1.29, 1.82) is 0 Å². The van der Waals surface area contributed by atoms with Gasteiger partial charge in [0.1, 0.15) is 20.2 Å². The van der Waals surface area contributed by atoms with Gasteiger partial charge in [0.2, 0.25) is 0 Å². The molecule has 0 aromatic heterocycles. The molecule has 0 N–H and O–H groups in total. The third-order valence-corrected chi connectivity index (χ3v) is 4.75. The summed E-state index contributed by atoms with van der Waals surface area (Å²) in [5, 5.41) is 0.